The fraction of sp³-hybridized carbons (Fsp3) is 1.00. The van der Waals surface area contributed by atoms with Crippen molar-refractivity contribution >= 4 is 11.6 Å². The molecule has 0 unspecified atom stereocenters. The van der Waals surface area contributed by atoms with Gasteiger partial charge in [-0.3, -0.25) is 0 Å². The van der Waals surface area contributed by atoms with Crippen molar-refractivity contribution < 1.29 is 14.2 Å². The second-order valence-corrected chi connectivity index (χ2v) is 1.26. The van der Waals surface area contributed by atoms with E-state index in [0.717, 1.165) is 0 Å². The number of hydrogen-bond acceptors (Lipinski definition) is 3. The van der Waals surface area contributed by atoms with E-state index in [2.05, 4.69) is 9.47 Å². The summed E-state index contributed by atoms with van der Waals surface area (Å²) in [5.74, 6) is 0. The largest absolute Gasteiger partial charge is 0.359 e. The van der Waals surface area contributed by atoms with E-state index in [1.54, 1.807) is 7.11 Å². The zero-order chi connectivity index (χ0) is 6.24. The highest BCUT2D eigenvalue weighted by Gasteiger charge is 1.81. The van der Waals surface area contributed by atoms with Gasteiger partial charge in [-0.1, -0.05) is 11.6 Å². The van der Waals surface area contributed by atoms with E-state index in [4.69, 9.17) is 16.3 Å². The van der Waals surface area contributed by atoms with E-state index in [1.807, 2.05) is 0 Å². The second kappa shape index (κ2) is 7.17. The van der Waals surface area contributed by atoms with Crippen LogP contribution < -0.4 is 0 Å². The Bertz CT molecular complexity index is 36.3. The minimum atomic E-state index is 0.156. The molecule has 0 aliphatic carbocycles. The van der Waals surface area contributed by atoms with Gasteiger partial charge in [-0.25, -0.2) is 0 Å². The molecule has 0 saturated carbocycles. The number of methoxy groups -OCH3 is 1. The summed E-state index contributed by atoms with van der Waals surface area (Å²) in [6.07, 6.45) is 0. The highest BCUT2D eigenvalue weighted by molar-refractivity contribution is 6.17. The molecule has 0 N–H and O–H groups in total. The van der Waals surface area contributed by atoms with Gasteiger partial charge in [0.25, 0.3) is 0 Å². The molecule has 50 valence electrons. The van der Waals surface area contributed by atoms with E-state index in [0.29, 0.717) is 0 Å². The number of rotatable bonds is 5. The lowest BCUT2D eigenvalue weighted by atomic mass is 11.3. The predicted octanol–water partition coefficient (Wildman–Crippen LogP) is 0.777. The zero-order valence-corrected chi connectivity index (χ0v) is 5.48. The van der Waals surface area contributed by atoms with Crippen LogP contribution in [0.5, 0.6) is 0 Å². The summed E-state index contributed by atoms with van der Waals surface area (Å²) in [6, 6.07) is 0.156. The minimum absolute atomic E-state index is 0.156. The Morgan fingerprint density at radius 3 is 2.50 bits per heavy atom. The first-order valence-electron chi connectivity index (χ1n) is 2.12. The van der Waals surface area contributed by atoms with Gasteiger partial charge in [0.05, 0.1) is 0 Å². The molecule has 8 heavy (non-hydrogen) atoms. The fourth-order valence-electron chi connectivity index (χ4n) is 0.208. The van der Waals surface area contributed by atoms with E-state index >= 15 is 0 Å². The van der Waals surface area contributed by atoms with E-state index < -0.39 is 0 Å². The lowest BCUT2D eigenvalue weighted by Crippen LogP contribution is -2.00. The first-order valence-corrected chi connectivity index (χ1v) is 2.65. The van der Waals surface area contributed by atoms with Crippen molar-refractivity contribution in [3.63, 3.8) is 0 Å². The van der Waals surface area contributed by atoms with Crippen LogP contribution in [0.3, 0.4) is 0 Å². The molecule has 0 radical (unpaired) electrons. The average Bonchev–Trinajstić information content (AvgIpc) is 1.81. The van der Waals surface area contributed by atoms with Gasteiger partial charge in [-0.15, -0.1) is 0 Å². The Balaban J connectivity index is 2.53. The van der Waals surface area contributed by atoms with Crippen LogP contribution in [0.2, 0.25) is 0 Å². The molecular formula is C4H9ClO3. The Labute approximate surface area is 53.5 Å². The number of ether oxygens (including phenoxy) is 3. The maximum atomic E-state index is 5.14. The third-order valence-electron chi connectivity index (χ3n) is 0.445. The average molecular weight is 141 g/mol. The SMILES string of the molecule is COCOCOCCl. The second-order valence-electron chi connectivity index (χ2n) is 1.04. The standard InChI is InChI=1S/C4H9ClO3/c1-6-3-8-4-7-2-5/h2-4H2,1H3. The summed E-state index contributed by atoms with van der Waals surface area (Å²) in [5, 5.41) is 0. The minimum Gasteiger partial charge on any atom is -0.359 e. The van der Waals surface area contributed by atoms with Crippen molar-refractivity contribution in [1.29, 1.82) is 0 Å². The molecule has 0 aromatic heterocycles. The van der Waals surface area contributed by atoms with Crippen LogP contribution in [0, 0.1) is 0 Å². The molecule has 0 amide bonds. The molecule has 0 atom stereocenters. The van der Waals surface area contributed by atoms with Crippen LogP contribution in [-0.2, 0) is 14.2 Å². The van der Waals surface area contributed by atoms with Crippen LogP contribution in [0.25, 0.3) is 0 Å². The van der Waals surface area contributed by atoms with Gasteiger partial charge in [-0.05, 0) is 0 Å². The molecule has 0 rings (SSSR count). The molecule has 0 fully saturated rings. The summed E-state index contributed by atoms with van der Waals surface area (Å²) in [4.78, 5) is 0. The monoisotopic (exact) mass is 140 g/mol. The molecule has 3 nitrogen and oxygen atoms in total. The van der Waals surface area contributed by atoms with E-state index in [1.165, 1.54) is 0 Å². The van der Waals surface area contributed by atoms with Crippen molar-refractivity contribution in [3.05, 3.63) is 0 Å². The molecular weight excluding hydrogens is 131 g/mol. The Kier molecular flexibility index (Phi) is 7.32. The summed E-state index contributed by atoms with van der Waals surface area (Å²) < 4.78 is 13.8. The smallest absolute Gasteiger partial charge is 0.151 e. The lowest BCUT2D eigenvalue weighted by Gasteiger charge is -1.99. The zero-order valence-electron chi connectivity index (χ0n) is 4.72. The topological polar surface area (TPSA) is 27.7 Å². The van der Waals surface area contributed by atoms with Crippen LogP contribution in [0.15, 0.2) is 0 Å². The fourth-order valence-corrected chi connectivity index (χ4v) is 0.271. The summed E-state index contributed by atoms with van der Waals surface area (Å²) in [6.45, 7) is 0.439. The molecule has 0 heterocycles. The summed E-state index contributed by atoms with van der Waals surface area (Å²) in [7, 11) is 1.54. The molecule has 0 aromatic rings. The molecule has 0 saturated heterocycles. The molecule has 0 aliphatic rings. The molecule has 0 aliphatic heterocycles. The van der Waals surface area contributed by atoms with Gasteiger partial charge in [-0.2, -0.15) is 0 Å². The normalized spacial score (nSPS) is 9.75. The van der Waals surface area contributed by atoms with Gasteiger partial charge in [0, 0.05) is 7.11 Å². The third kappa shape index (κ3) is 6.17. The molecule has 4 heteroatoms. The van der Waals surface area contributed by atoms with Crippen LogP contribution >= 0.6 is 11.6 Å². The van der Waals surface area contributed by atoms with Crippen LogP contribution in [0.4, 0.5) is 0 Å². The van der Waals surface area contributed by atoms with Crippen LogP contribution in [0.1, 0.15) is 0 Å². The van der Waals surface area contributed by atoms with Gasteiger partial charge in [0.2, 0.25) is 0 Å². The number of hydrogen-bond donors (Lipinski definition) is 0. The summed E-state index contributed by atoms with van der Waals surface area (Å²) >= 11 is 5.14. The van der Waals surface area contributed by atoms with E-state index in [9.17, 15) is 0 Å². The highest BCUT2D eigenvalue weighted by Crippen LogP contribution is 1.80. The van der Waals surface area contributed by atoms with Gasteiger partial charge in [0.1, 0.15) is 12.9 Å². The Morgan fingerprint density at radius 2 is 2.00 bits per heavy atom. The van der Waals surface area contributed by atoms with Crippen molar-refractivity contribution in [3.8, 4) is 0 Å². The van der Waals surface area contributed by atoms with Crippen molar-refractivity contribution in [2.45, 2.75) is 0 Å². The maximum Gasteiger partial charge on any atom is 0.151 e. The number of alkyl halides is 1. The first-order chi connectivity index (χ1) is 3.91. The molecule has 0 spiro atoms. The van der Waals surface area contributed by atoms with Crippen molar-refractivity contribution in [1.82, 2.24) is 0 Å². The molecule has 0 aromatic carbocycles. The number of halogens is 1. The Morgan fingerprint density at radius 1 is 1.25 bits per heavy atom. The maximum absolute atomic E-state index is 5.14. The van der Waals surface area contributed by atoms with Gasteiger partial charge in [0.15, 0.2) is 6.79 Å². The Hall–Kier alpha value is 0.170. The van der Waals surface area contributed by atoms with Crippen LogP contribution in [-0.4, -0.2) is 26.8 Å². The quantitative estimate of drug-likeness (QED) is 0.321. The first kappa shape index (κ1) is 8.17. The molecule has 0 bridgehead atoms. The lowest BCUT2D eigenvalue weighted by molar-refractivity contribution is -0.111. The van der Waals surface area contributed by atoms with Crippen molar-refractivity contribution in [2.75, 3.05) is 26.8 Å². The highest BCUT2D eigenvalue weighted by atomic mass is 35.5. The van der Waals surface area contributed by atoms with Gasteiger partial charge >= 0.3 is 0 Å². The van der Waals surface area contributed by atoms with Crippen molar-refractivity contribution in [2.24, 2.45) is 0 Å². The van der Waals surface area contributed by atoms with Gasteiger partial charge < -0.3 is 14.2 Å². The predicted molar refractivity (Wildman–Crippen MR) is 29.6 cm³/mol. The third-order valence-corrected chi connectivity index (χ3v) is 0.599. The van der Waals surface area contributed by atoms with E-state index in [-0.39, 0.29) is 19.7 Å². The summed E-state index contributed by atoms with van der Waals surface area (Å²) in [5.41, 5.74) is 0.